The SMILES string of the molecule is COc1ccc(-c2nnc(SCC(=O)NCc3ccccc3F)n2N)c(OC)c1. The maximum atomic E-state index is 13.6. The van der Waals surface area contributed by atoms with Gasteiger partial charge in [-0.05, 0) is 18.2 Å². The first-order chi connectivity index (χ1) is 14.0. The second-order valence-electron chi connectivity index (χ2n) is 5.90. The Morgan fingerprint density at radius 1 is 1.21 bits per heavy atom. The molecule has 0 unspecified atom stereocenters. The number of nitrogen functional groups attached to an aromatic ring is 1. The Bertz CT molecular complexity index is 1010. The number of nitrogens with one attached hydrogen (secondary N) is 1. The monoisotopic (exact) mass is 417 g/mol. The maximum absolute atomic E-state index is 13.6. The molecule has 1 amide bonds. The highest BCUT2D eigenvalue weighted by atomic mass is 32.2. The van der Waals surface area contributed by atoms with Gasteiger partial charge in [0.2, 0.25) is 11.1 Å². The molecule has 2 aromatic carbocycles. The summed E-state index contributed by atoms with van der Waals surface area (Å²) in [6, 6.07) is 11.5. The number of hydrogen-bond donors (Lipinski definition) is 2. The van der Waals surface area contributed by atoms with Crippen molar-refractivity contribution in [3.63, 3.8) is 0 Å². The molecular weight excluding hydrogens is 397 g/mol. The Morgan fingerprint density at radius 2 is 2.00 bits per heavy atom. The van der Waals surface area contributed by atoms with Crippen LogP contribution in [-0.2, 0) is 11.3 Å². The van der Waals surface area contributed by atoms with E-state index >= 15 is 0 Å². The molecule has 0 aliphatic heterocycles. The fourth-order valence-electron chi connectivity index (χ4n) is 2.56. The summed E-state index contributed by atoms with van der Waals surface area (Å²) in [5.41, 5.74) is 1.06. The van der Waals surface area contributed by atoms with Crippen LogP contribution in [0, 0.1) is 5.82 Å². The van der Waals surface area contributed by atoms with Crippen LogP contribution in [-0.4, -0.2) is 40.8 Å². The molecule has 0 aliphatic rings. The predicted molar refractivity (Wildman–Crippen MR) is 108 cm³/mol. The van der Waals surface area contributed by atoms with Crippen LogP contribution in [0.2, 0.25) is 0 Å². The predicted octanol–water partition coefficient (Wildman–Crippen LogP) is 2.22. The lowest BCUT2D eigenvalue weighted by atomic mass is 10.2. The second kappa shape index (κ2) is 9.28. The Labute approximate surface area is 171 Å². The van der Waals surface area contributed by atoms with Gasteiger partial charge in [0.15, 0.2) is 5.82 Å². The van der Waals surface area contributed by atoms with Gasteiger partial charge >= 0.3 is 0 Å². The van der Waals surface area contributed by atoms with Crippen molar-refractivity contribution in [3.05, 3.63) is 53.8 Å². The molecule has 0 spiro atoms. The Hall–Kier alpha value is -3.27. The number of benzene rings is 2. The van der Waals surface area contributed by atoms with Gasteiger partial charge in [-0.3, -0.25) is 4.79 Å². The number of amides is 1. The molecule has 0 bridgehead atoms. The average Bonchev–Trinajstić information content (AvgIpc) is 3.11. The van der Waals surface area contributed by atoms with Gasteiger partial charge < -0.3 is 20.6 Å². The molecule has 1 aromatic heterocycles. The number of rotatable bonds is 8. The third kappa shape index (κ3) is 4.77. The first-order valence-electron chi connectivity index (χ1n) is 8.59. The molecule has 0 aliphatic carbocycles. The number of thioether (sulfide) groups is 1. The summed E-state index contributed by atoms with van der Waals surface area (Å²) in [7, 11) is 3.09. The van der Waals surface area contributed by atoms with Crippen molar-refractivity contribution in [1.29, 1.82) is 0 Å². The van der Waals surface area contributed by atoms with E-state index in [-0.39, 0.29) is 24.0 Å². The molecule has 0 atom stereocenters. The lowest BCUT2D eigenvalue weighted by Gasteiger charge is -2.10. The number of methoxy groups -OCH3 is 2. The smallest absolute Gasteiger partial charge is 0.230 e. The number of carbonyl (C=O) groups is 1. The van der Waals surface area contributed by atoms with Crippen LogP contribution in [0.25, 0.3) is 11.4 Å². The molecular formula is C19H20FN5O3S. The Kier molecular flexibility index (Phi) is 6.55. The van der Waals surface area contributed by atoms with Crippen molar-refractivity contribution in [1.82, 2.24) is 20.2 Å². The van der Waals surface area contributed by atoms with Gasteiger partial charge in [-0.15, -0.1) is 10.2 Å². The van der Waals surface area contributed by atoms with Crippen LogP contribution in [0.4, 0.5) is 4.39 Å². The van der Waals surface area contributed by atoms with E-state index in [1.165, 1.54) is 17.9 Å². The number of aromatic nitrogens is 3. The summed E-state index contributed by atoms with van der Waals surface area (Å²) in [6.07, 6.45) is 0. The number of hydrogen-bond acceptors (Lipinski definition) is 7. The minimum Gasteiger partial charge on any atom is -0.497 e. The summed E-state index contributed by atoms with van der Waals surface area (Å²) in [6.45, 7) is 0.107. The molecule has 0 saturated heterocycles. The molecule has 0 fully saturated rings. The molecule has 3 N–H and O–H groups in total. The van der Waals surface area contributed by atoms with E-state index in [0.717, 1.165) is 11.8 Å². The van der Waals surface area contributed by atoms with Crippen molar-refractivity contribution in [2.24, 2.45) is 0 Å². The summed E-state index contributed by atoms with van der Waals surface area (Å²) >= 11 is 1.12. The molecule has 0 saturated carbocycles. The van der Waals surface area contributed by atoms with Crippen molar-refractivity contribution in [3.8, 4) is 22.9 Å². The van der Waals surface area contributed by atoms with Crippen molar-refractivity contribution >= 4 is 17.7 Å². The molecule has 1 heterocycles. The number of ether oxygens (including phenoxy) is 2. The van der Waals surface area contributed by atoms with Gasteiger partial charge in [0, 0.05) is 18.2 Å². The number of carbonyl (C=O) groups excluding carboxylic acids is 1. The van der Waals surface area contributed by atoms with Crippen molar-refractivity contribution in [2.75, 3.05) is 25.8 Å². The molecule has 152 valence electrons. The number of halogens is 1. The first kappa shape index (κ1) is 20.5. The zero-order valence-corrected chi connectivity index (χ0v) is 16.7. The van der Waals surface area contributed by atoms with E-state index < -0.39 is 0 Å². The topological polar surface area (TPSA) is 104 Å². The summed E-state index contributed by atoms with van der Waals surface area (Å²) in [5, 5.41) is 11.2. The summed E-state index contributed by atoms with van der Waals surface area (Å²) in [4.78, 5) is 12.1. The average molecular weight is 417 g/mol. The van der Waals surface area contributed by atoms with E-state index in [1.54, 1.807) is 43.5 Å². The van der Waals surface area contributed by atoms with E-state index in [0.29, 0.717) is 33.6 Å². The quantitative estimate of drug-likeness (QED) is 0.428. The lowest BCUT2D eigenvalue weighted by molar-refractivity contribution is -0.118. The number of nitrogens with zero attached hydrogens (tertiary/aromatic N) is 3. The Balaban J connectivity index is 1.64. The lowest BCUT2D eigenvalue weighted by Crippen LogP contribution is -2.25. The van der Waals surface area contributed by atoms with Crippen LogP contribution < -0.4 is 20.6 Å². The van der Waals surface area contributed by atoms with Gasteiger partial charge in [0.25, 0.3) is 0 Å². The molecule has 3 aromatic rings. The van der Waals surface area contributed by atoms with Gasteiger partial charge in [0.1, 0.15) is 17.3 Å². The maximum Gasteiger partial charge on any atom is 0.230 e. The van der Waals surface area contributed by atoms with Crippen molar-refractivity contribution < 1.29 is 18.7 Å². The fourth-order valence-corrected chi connectivity index (χ4v) is 3.25. The van der Waals surface area contributed by atoms with E-state index in [4.69, 9.17) is 15.3 Å². The minimum atomic E-state index is -0.361. The van der Waals surface area contributed by atoms with Gasteiger partial charge in [0.05, 0.1) is 25.5 Å². The van der Waals surface area contributed by atoms with Crippen LogP contribution in [0.1, 0.15) is 5.56 Å². The second-order valence-corrected chi connectivity index (χ2v) is 6.84. The molecule has 10 heteroatoms. The third-order valence-corrected chi connectivity index (χ3v) is 5.02. The Morgan fingerprint density at radius 3 is 2.72 bits per heavy atom. The first-order valence-corrected chi connectivity index (χ1v) is 9.57. The molecule has 0 radical (unpaired) electrons. The minimum absolute atomic E-state index is 0.0591. The normalized spacial score (nSPS) is 10.6. The van der Waals surface area contributed by atoms with Gasteiger partial charge in [-0.25, -0.2) is 9.07 Å². The fraction of sp³-hybridized carbons (Fsp3) is 0.211. The van der Waals surface area contributed by atoms with Crippen molar-refractivity contribution in [2.45, 2.75) is 11.7 Å². The highest BCUT2D eigenvalue weighted by Gasteiger charge is 2.17. The number of nitrogens with two attached hydrogens (primary N) is 1. The zero-order valence-electron chi connectivity index (χ0n) is 15.9. The third-order valence-electron chi connectivity index (χ3n) is 4.08. The van der Waals surface area contributed by atoms with Gasteiger partial charge in [-0.1, -0.05) is 30.0 Å². The largest absolute Gasteiger partial charge is 0.497 e. The standard InChI is InChI=1S/C19H20FN5O3S/c1-27-13-7-8-14(16(9-13)28-2)18-23-24-19(25(18)21)29-11-17(26)22-10-12-5-3-4-6-15(12)20/h3-9H,10-11,21H2,1-2H3,(H,22,26). The van der Waals surface area contributed by atoms with Gasteiger partial charge in [-0.2, -0.15) is 0 Å². The van der Waals surface area contributed by atoms with Crippen LogP contribution in [0.5, 0.6) is 11.5 Å². The van der Waals surface area contributed by atoms with Crippen LogP contribution in [0.3, 0.4) is 0 Å². The van der Waals surface area contributed by atoms with Crippen LogP contribution >= 0.6 is 11.8 Å². The summed E-state index contributed by atoms with van der Waals surface area (Å²) in [5.74, 6) is 7.08. The molecule has 8 nitrogen and oxygen atoms in total. The molecule has 29 heavy (non-hydrogen) atoms. The van der Waals surface area contributed by atoms with E-state index in [9.17, 15) is 9.18 Å². The van der Waals surface area contributed by atoms with Crippen LogP contribution in [0.15, 0.2) is 47.6 Å². The van der Waals surface area contributed by atoms with E-state index in [2.05, 4.69) is 15.5 Å². The zero-order chi connectivity index (χ0) is 20.8. The summed E-state index contributed by atoms with van der Waals surface area (Å²) < 4.78 is 25.4. The van der Waals surface area contributed by atoms with E-state index in [1.807, 2.05) is 0 Å². The highest BCUT2D eigenvalue weighted by Crippen LogP contribution is 2.32. The molecule has 3 rings (SSSR count). The highest BCUT2D eigenvalue weighted by molar-refractivity contribution is 7.99.